The maximum atomic E-state index is 13.2. The summed E-state index contributed by atoms with van der Waals surface area (Å²) >= 11 is 0. The van der Waals surface area contributed by atoms with Crippen molar-refractivity contribution >= 4 is 23.1 Å². The SMILES string of the molecule is Cc1c(/C(O)=C2\C(=O)C(=O)N(CCN(C)C)[C@H]2c2ccc([N+](=O)[O-])cc2)cnn1-c1ccccc1. The number of nitro benzene ring substituents is 1. The Kier molecular flexibility index (Phi) is 6.48. The molecule has 0 bridgehead atoms. The molecule has 10 heteroatoms. The number of non-ortho nitro benzene ring substituents is 1. The molecule has 1 N–H and O–H groups in total. The number of ketones is 1. The highest BCUT2D eigenvalue weighted by Gasteiger charge is 2.46. The van der Waals surface area contributed by atoms with Crippen molar-refractivity contribution < 1.29 is 19.6 Å². The molecule has 1 saturated heterocycles. The summed E-state index contributed by atoms with van der Waals surface area (Å²) in [5.74, 6) is -1.87. The van der Waals surface area contributed by atoms with Crippen molar-refractivity contribution in [3.05, 3.63) is 93.3 Å². The molecule has 1 fully saturated rings. The number of aliphatic hydroxyl groups excluding tert-OH is 1. The fourth-order valence-corrected chi connectivity index (χ4v) is 4.16. The monoisotopic (exact) mass is 475 g/mol. The Morgan fingerprint density at radius 1 is 1.11 bits per heavy atom. The number of amides is 1. The Balaban J connectivity index is 1.84. The van der Waals surface area contributed by atoms with Crippen molar-refractivity contribution in [1.29, 1.82) is 0 Å². The lowest BCUT2D eigenvalue weighted by Crippen LogP contribution is -2.35. The van der Waals surface area contributed by atoms with E-state index < -0.39 is 22.7 Å². The van der Waals surface area contributed by atoms with Gasteiger partial charge in [0, 0.05) is 25.2 Å². The van der Waals surface area contributed by atoms with Crippen LogP contribution in [0.5, 0.6) is 0 Å². The molecule has 1 amide bonds. The van der Waals surface area contributed by atoms with Gasteiger partial charge in [0.15, 0.2) is 0 Å². The van der Waals surface area contributed by atoms with Crippen LogP contribution in [-0.4, -0.2) is 68.5 Å². The number of hydrogen-bond donors (Lipinski definition) is 1. The van der Waals surface area contributed by atoms with Crippen LogP contribution in [0.25, 0.3) is 11.4 Å². The zero-order valence-electron chi connectivity index (χ0n) is 19.6. The van der Waals surface area contributed by atoms with E-state index in [0.717, 1.165) is 5.69 Å². The molecule has 0 aliphatic carbocycles. The van der Waals surface area contributed by atoms with Crippen LogP contribution in [0.15, 0.2) is 66.4 Å². The maximum Gasteiger partial charge on any atom is 0.295 e. The lowest BCUT2D eigenvalue weighted by atomic mass is 9.95. The lowest BCUT2D eigenvalue weighted by Gasteiger charge is -2.26. The molecule has 0 spiro atoms. The summed E-state index contributed by atoms with van der Waals surface area (Å²) in [5, 5.41) is 26.8. The summed E-state index contributed by atoms with van der Waals surface area (Å²) in [7, 11) is 3.69. The molecule has 1 aromatic heterocycles. The highest BCUT2D eigenvalue weighted by Crippen LogP contribution is 2.40. The number of nitrogens with zero attached hydrogens (tertiary/aromatic N) is 5. The average molecular weight is 476 g/mol. The van der Waals surface area contributed by atoms with Gasteiger partial charge in [0.05, 0.1) is 39.7 Å². The molecular weight excluding hydrogens is 450 g/mol. The number of likely N-dealkylation sites (N-methyl/N-ethyl adjacent to an activating group) is 1. The van der Waals surface area contributed by atoms with Crippen LogP contribution in [0, 0.1) is 17.0 Å². The summed E-state index contributed by atoms with van der Waals surface area (Å²) in [6, 6.07) is 14.1. The van der Waals surface area contributed by atoms with Gasteiger partial charge in [0.1, 0.15) is 5.76 Å². The smallest absolute Gasteiger partial charge is 0.295 e. The number of aromatic nitrogens is 2. The van der Waals surface area contributed by atoms with Gasteiger partial charge in [-0.15, -0.1) is 0 Å². The lowest BCUT2D eigenvalue weighted by molar-refractivity contribution is -0.384. The van der Waals surface area contributed by atoms with Crippen molar-refractivity contribution in [2.75, 3.05) is 27.2 Å². The molecule has 1 atom stereocenters. The van der Waals surface area contributed by atoms with Crippen molar-refractivity contribution in [3.63, 3.8) is 0 Å². The maximum absolute atomic E-state index is 13.2. The number of hydrogen-bond acceptors (Lipinski definition) is 7. The van der Waals surface area contributed by atoms with E-state index in [1.807, 2.05) is 49.3 Å². The molecule has 4 rings (SSSR count). The molecule has 0 unspecified atom stereocenters. The quantitative estimate of drug-likeness (QED) is 0.183. The number of rotatable bonds is 7. The first kappa shape index (κ1) is 23.8. The Labute approximate surface area is 201 Å². The van der Waals surface area contributed by atoms with Gasteiger partial charge in [-0.1, -0.05) is 18.2 Å². The van der Waals surface area contributed by atoms with E-state index >= 15 is 0 Å². The Morgan fingerprint density at radius 3 is 2.37 bits per heavy atom. The molecule has 2 heterocycles. The van der Waals surface area contributed by atoms with Crippen LogP contribution in [0.4, 0.5) is 5.69 Å². The third-order valence-corrected chi connectivity index (χ3v) is 6.01. The number of carbonyl (C=O) groups is 2. The first-order chi connectivity index (χ1) is 16.7. The van der Waals surface area contributed by atoms with E-state index in [1.165, 1.54) is 35.4 Å². The molecule has 1 aliphatic heterocycles. The molecular formula is C25H25N5O5. The number of nitro groups is 1. The number of para-hydroxylation sites is 1. The van der Waals surface area contributed by atoms with E-state index in [9.17, 15) is 24.8 Å². The van der Waals surface area contributed by atoms with E-state index in [-0.39, 0.29) is 23.6 Å². The van der Waals surface area contributed by atoms with Crippen LogP contribution in [0.1, 0.15) is 22.9 Å². The van der Waals surface area contributed by atoms with Gasteiger partial charge in [0.2, 0.25) is 0 Å². The van der Waals surface area contributed by atoms with E-state index in [2.05, 4.69) is 5.10 Å². The highest BCUT2D eigenvalue weighted by atomic mass is 16.6. The molecule has 0 radical (unpaired) electrons. The Bertz CT molecular complexity index is 1310. The predicted octanol–water partition coefficient (Wildman–Crippen LogP) is 3.07. The average Bonchev–Trinajstić information content (AvgIpc) is 3.35. The number of Topliss-reactive ketones (excluding diaryl/α,β-unsaturated/α-hetero) is 1. The van der Waals surface area contributed by atoms with Crippen molar-refractivity contribution in [2.24, 2.45) is 0 Å². The fraction of sp³-hybridized carbons (Fsp3) is 0.240. The number of aliphatic hydroxyl groups is 1. The summed E-state index contributed by atoms with van der Waals surface area (Å²) < 4.78 is 1.64. The van der Waals surface area contributed by atoms with Crippen molar-refractivity contribution in [1.82, 2.24) is 19.6 Å². The number of carbonyl (C=O) groups excluding carboxylic acids is 2. The van der Waals surface area contributed by atoms with Crippen LogP contribution < -0.4 is 0 Å². The van der Waals surface area contributed by atoms with E-state index in [0.29, 0.717) is 23.4 Å². The van der Waals surface area contributed by atoms with Crippen molar-refractivity contribution in [2.45, 2.75) is 13.0 Å². The van der Waals surface area contributed by atoms with Gasteiger partial charge in [-0.3, -0.25) is 19.7 Å². The first-order valence-corrected chi connectivity index (χ1v) is 11.0. The summed E-state index contributed by atoms with van der Waals surface area (Å²) in [5.41, 5.74) is 2.00. The summed E-state index contributed by atoms with van der Waals surface area (Å²) in [6.45, 7) is 2.48. The molecule has 2 aromatic carbocycles. The second-order valence-electron chi connectivity index (χ2n) is 8.54. The molecule has 3 aromatic rings. The minimum atomic E-state index is -0.893. The molecule has 35 heavy (non-hydrogen) atoms. The van der Waals surface area contributed by atoms with E-state index in [1.54, 1.807) is 11.6 Å². The van der Waals surface area contributed by atoms with E-state index in [4.69, 9.17) is 0 Å². The van der Waals surface area contributed by atoms with Gasteiger partial charge >= 0.3 is 0 Å². The zero-order valence-corrected chi connectivity index (χ0v) is 19.6. The van der Waals surface area contributed by atoms with Gasteiger partial charge in [-0.2, -0.15) is 5.10 Å². The standard InChI is InChI=1S/C25H25N5O5/c1-16-20(15-26-29(16)18-7-5-4-6-8-18)23(31)21-22(17-9-11-19(12-10-17)30(34)35)28(14-13-27(2)3)25(33)24(21)32/h4-12,15,22,31H,13-14H2,1-3H3/b23-21+/t22-/m0/s1. The third-order valence-electron chi connectivity index (χ3n) is 6.01. The normalized spacial score (nSPS) is 17.4. The van der Waals surface area contributed by atoms with Gasteiger partial charge in [0.25, 0.3) is 17.4 Å². The van der Waals surface area contributed by atoms with Gasteiger partial charge in [-0.05, 0) is 50.8 Å². The first-order valence-electron chi connectivity index (χ1n) is 11.0. The third kappa shape index (κ3) is 4.43. The Morgan fingerprint density at radius 2 is 1.77 bits per heavy atom. The van der Waals surface area contributed by atoms with Crippen LogP contribution in [0.2, 0.25) is 0 Å². The second-order valence-corrected chi connectivity index (χ2v) is 8.54. The molecule has 0 saturated carbocycles. The largest absolute Gasteiger partial charge is 0.507 e. The molecule has 180 valence electrons. The van der Waals surface area contributed by atoms with Crippen LogP contribution >= 0.6 is 0 Å². The van der Waals surface area contributed by atoms with Gasteiger partial charge < -0.3 is 14.9 Å². The topological polar surface area (TPSA) is 122 Å². The fourth-order valence-electron chi connectivity index (χ4n) is 4.16. The molecule has 1 aliphatic rings. The number of benzene rings is 2. The second kappa shape index (κ2) is 9.51. The van der Waals surface area contributed by atoms with Crippen LogP contribution in [0.3, 0.4) is 0 Å². The Hall–Kier alpha value is -4.31. The van der Waals surface area contributed by atoms with Crippen LogP contribution in [-0.2, 0) is 9.59 Å². The van der Waals surface area contributed by atoms with Crippen molar-refractivity contribution in [3.8, 4) is 5.69 Å². The number of likely N-dealkylation sites (tertiary alicyclic amines) is 1. The highest BCUT2D eigenvalue weighted by molar-refractivity contribution is 6.46. The summed E-state index contributed by atoms with van der Waals surface area (Å²) in [4.78, 5) is 40.0. The zero-order chi connectivity index (χ0) is 25.3. The minimum absolute atomic E-state index is 0.0710. The summed E-state index contributed by atoms with van der Waals surface area (Å²) in [6.07, 6.45) is 1.46. The molecule has 10 nitrogen and oxygen atoms in total. The predicted molar refractivity (Wildman–Crippen MR) is 129 cm³/mol. The van der Waals surface area contributed by atoms with Gasteiger partial charge in [-0.25, -0.2) is 4.68 Å². The minimum Gasteiger partial charge on any atom is -0.507 e.